The number of phosphoric acid groups is 1. The Kier molecular flexibility index (Phi) is 10.2. The molecule has 0 fully saturated rings. The van der Waals surface area contributed by atoms with E-state index in [2.05, 4.69) is 16.7 Å². The van der Waals surface area contributed by atoms with Crippen LogP contribution in [0, 0.1) is 0 Å². The van der Waals surface area contributed by atoms with Crippen molar-refractivity contribution in [2.75, 3.05) is 13.2 Å². The van der Waals surface area contributed by atoms with E-state index in [1.165, 1.54) is 16.9 Å². The minimum absolute atomic E-state index is 0.00390. The number of phosphoric ester groups is 1. The number of carbonyl (C=O) groups is 1. The molecule has 1 unspecified atom stereocenters. The van der Waals surface area contributed by atoms with Crippen LogP contribution in [0.4, 0.5) is 0 Å². The molecule has 0 aliphatic carbocycles. The molecule has 1 heterocycles. The lowest BCUT2D eigenvalue weighted by Crippen LogP contribution is -2.07. The zero-order valence-corrected chi connectivity index (χ0v) is 18.2. The minimum atomic E-state index is -4.42. The first-order valence-corrected chi connectivity index (χ1v) is 12.3. The van der Waals surface area contributed by atoms with Crippen molar-refractivity contribution in [3.05, 3.63) is 57.8 Å². The van der Waals surface area contributed by atoms with Gasteiger partial charge in [0.1, 0.15) is 0 Å². The Morgan fingerprint density at radius 2 is 1.83 bits per heavy atom. The smallest absolute Gasteiger partial charge is 0.330 e. The molecule has 4 N–H and O–H groups in total. The van der Waals surface area contributed by atoms with Gasteiger partial charge in [0, 0.05) is 11.3 Å². The Labute approximate surface area is 176 Å². The second-order valence-electron chi connectivity index (χ2n) is 7.06. The normalized spacial score (nSPS) is 12.8. The fraction of sp³-hybridized carbons (Fsp3) is 0.476. The van der Waals surface area contributed by atoms with Crippen molar-refractivity contribution in [1.82, 2.24) is 0 Å². The molecule has 6 nitrogen and oxygen atoms in total. The first-order chi connectivity index (χ1) is 13.9. The summed E-state index contributed by atoms with van der Waals surface area (Å²) in [5.41, 5.74) is 7.01. The van der Waals surface area contributed by atoms with Crippen LogP contribution in [0.15, 0.2) is 42.5 Å². The maximum atomic E-state index is 12.5. The highest BCUT2D eigenvalue weighted by molar-refractivity contribution is 7.46. The van der Waals surface area contributed by atoms with Crippen molar-refractivity contribution in [2.45, 2.75) is 50.9 Å². The SMILES string of the molecule is NCCC(CCCOP(=O)(O)O)c1ccc(C(=O)CCCCc2ccccc2)s1. The number of nitrogens with two attached hydrogens (primary N) is 1. The number of aryl methyl sites for hydroxylation is 1. The largest absolute Gasteiger partial charge is 0.469 e. The summed E-state index contributed by atoms with van der Waals surface area (Å²) in [4.78, 5) is 31.9. The van der Waals surface area contributed by atoms with Gasteiger partial charge in [-0.25, -0.2) is 4.57 Å². The molecule has 1 aromatic heterocycles. The molecule has 2 aromatic rings. The second kappa shape index (κ2) is 12.4. The number of rotatable bonds is 14. The predicted molar refractivity (Wildman–Crippen MR) is 116 cm³/mol. The molecule has 160 valence electrons. The van der Waals surface area contributed by atoms with E-state index in [0.29, 0.717) is 25.8 Å². The summed E-state index contributed by atoms with van der Waals surface area (Å²) in [5.74, 6) is 0.343. The molecular weight excluding hydrogens is 409 g/mol. The topological polar surface area (TPSA) is 110 Å². The van der Waals surface area contributed by atoms with Crippen molar-refractivity contribution in [3.63, 3.8) is 0 Å². The lowest BCUT2D eigenvalue weighted by atomic mass is 9.98. The van der Waals surface area contributed by atoms with E-state index in [1.807, 2.05) is 30.3 Å². The Hall–Kier alpha value is -1.34. The van der Waals surface area contributed by atoms with Crippen molar-refractivity contribution >= 4 is 24.9 Å². The molecule has 0 radical (unpaired) electrons. The van der Waals surface area contributed by atoms with Crippen molar-refractivity contribution < 1.29 is 23.7 Å². The van der Waals surface area contributed by atoms with Gasteiger partial charge < -0.3 is 15.5 Å². The maximum Gasteiger partial charge on any atom is 0.469 e. The zero-order valence-electron chi connectivity index (χ0n) is 16.5. The highest BCUT2D eigenvalue weighted by Gasteiger charge is 2.18. The number of hydrogen-bond acceptors (Lipinski definition) is 5. The summed E-state index contributed by atoms with van der Waals surface area (Å²) in [6.07, 6.45) is 5.39. The second-order valence-corrected chi connectivity index (χ2v) is 9.41. The monoisotopic (exact) mass is 439 g/mol. The van der Waals surface area contributed by atoms with E-state index in [0.717, 1.165) is 35.4 Å². The molecule has 1 atom stereocenters. The number of hydrogen-bond donors (Lipinski definition) is 3. The molecule has 0 amide bonds. The highest BCUT2D eigenvalue weighted by atomic mass is 32.1. The summed E-state index contributed by atoms with van der Waals surface area (Å²) in [7, 11) is -4.42. The molecule has 0 aliphatic rings. The van der Waals surface area contributed by atoms with E-state index < -0.39 is 7.82 Å². The summed E-state index contributed by atoms with van der Waals surface area (Å²) >= 11 is 1.51. The Morgan fingerprint density at radius 3 is 2.52 bits per heavy atom. The first kappa shape index (κ1) is 23.9. The summed E-state index contributed by atoms with van der Waals surface area (Å²) < 4.78 is 15.3. The molecule has 2 rings (SSSR count). The lowest BCUT2D eigenvalue weighted by Gasteiger charge is -2.14. The van der Waals surface area contributed by atoms with Gasteiger partial charge in [0.05, 0.1) is 11.5 Å². The number of ketones is 1. The van der Waals surface area contributed by atoms with Gasteiger partial charge in [-0.2, -0.15) is 0 Å². The van der Waals surface area contributed by atoms with E-state index in [1.54, 1.807) is 0 Å². The van der Waals surface area contributed by atoms with E-state index in [-0.39, 0.29) is 18.3 Å². The lowest BCUT2D eigenvalue weighted by molar-refractivity contribution is 0.0983. The quantitative estimate of drug-likeness (QED) is 0.224. The van der Waals surface area contributed by atoms with E-state index in [9.17, 15) is 9.36 Å². The Bertz CT molecular complexity index is 789. The molecule has 29 heavy (non-hydrogen) atoms. The summed E-state index contributed by atoms with van der Waals surface area (Å²) in [6, 6.07) is 14.1. The standard InChI is InChI=1S/C21H30NO5PS/c22-15-14-18(10-6-16-27-28(24,25)26)20-12-13-21(29-20)19(23)11-5-4-9-17-7-2-1-3-8-17/h1-3,7-8,12-13,18H,4-6,9-11,14-16,22H2,(H2,24,25,26). The van der Waals surface area contributed by atoms with Gasteiger partial charge in [-0.15, -0.1) is 11.3 Å². The van der Waals surface area contributed by atoms with Crippen LogP contribution in [0.5, 0.6) is 0 Å². The molecule has 1 aromatic carbocycles. The molecule has 0 saturated heterocycles. The molecule has 0 saturated carbocycles. The van der Waals surface area contributed by atoms with Crippen molar-refractivity contribution in [1.29, 1.82) is 0 Å². The van der Waals surface area contributed by atoms with Crippen LogP contribution in [0.25, 0.3) is 0 Å². The molecule has 0 aliphatic heterocycles. The van der Waals surface area contributed by atoms with Gasteiger partial charge in [0.2, 0.25) is 0 Å². The van der Waals surface area contributed by atoms with Crippen LogP contribution < -0.4 is 5.73 Å². The van der Waals surface area contributed by atoms with Gasteiger partial charge >= 0.3 is 7.82 Å². The first-order valence-electron chi connectivity index (χ1n) is 9.96. The van der Waals surface area contributed by atoms with Gasteiger partial charge in [-0.1, -0.05) is 30.3 Å². The van der Waals surface area contributed by atoms with Gasteiger partial charge in [-0.3, -0.25) is 9.32 Å². The Balaban J connectivity index is 1.79. The number of unbranched alkanes of at least 4 members (excludes halogenated alkanes) is 1. The zero-order chi connectivity index (χ0) is 21.1. The van der Waals surface area contributed by atoms with Gasteiger partial charge in [0.25, 0.3) is 0 Å². The van der Waals surface area contributed by atoms with Crippen LogP contribution in [0.2, 0.25) is 0 Å². The predicted octanol–water partition coefficient (Wildman–Crippen LogP) is 4.67. The van der Waals surface area contributed by atoms with Crippen LogP contribution in [-0.2, 0) is 15.5 Å². The Morgan fingerprint density at radius 1 is 1.07 bits per heavy atom. The highest BCUT2D eigenvalue weighted by Crippen LogP contribution is 2.37. The number of Topliss-reactive ketones (excluding diaryl/α,β-unsaturated/α-hetero) is 1. The number of thiophene rings is 1. The van der Waals surface area contributed by atoms with Crippen LogP contribution in [-0.4, -0.2) is 28.7 Å². The van der Waals surface area contributed by atoms with Crippen molar-refractivity contribution in [3.8, 4) is 0 Å². The van der Waals surface area contributed by atoms with E-state index in [4.69, 9.17) is 15.5 Å². The van der Waals surface area contributed by atoms with Crippen LogP contribution >= 0.6 is 19.2 Å². The summed E-state index contributed by atoms with van der Waals surface area (Å²) in [5, 5.41) is 0. The van der Waals surface area contributed by atoms with Gasteiger partial charge in [-0.05, 0) is 68.7 Å². The maximum absolute atomic E-state index is 12.5. The molecule has 0 bridgehead atoms. The fourth-order valence-corrected chi connectivity index (χ4v) is 4.76. The third-order valence-electron chi connectivity index (χ3n) is 4.74. The van der Waals surface area contributed by atoms with Crippen LogP contribution in [0.3, 0.4) is 0 Å². The molecule has 8 heteroatoms. The average Bonchev–Trinajstić information content (AvgIpc) is 3.18. The fourth-order valence-electron chi connectivity index (χ4n) is 3.25. The van der Waals surface area contributed by atoms with Gasteiger partial charge in [0.15, 0.2) is 5.78 Å². The minimum Gasteiger partial charge on any atom is -0.330 e. The molecule has 0 spiro atoms. The molecular formula is C21H30NO5PS. The third-order valence-corrected chi connectivity index (χ3v) is 6.55. The number of carbonyl (C=O) groups excluding carboxylic acids is 1. The number of benzene rings is 1. The average molecular weight is 440 g/mol. The summed E-state index contributed by atoms with van der Waals surface area (Å²) in [6.45, 7) is 0.522. The van der Waals surface area contributed by atoms with Crippen LogP contribution in [0.1, 0.15) is 64.6 Å². The third kappa shape index (κ3) is 9.34. The van der Waals surface area contributed by atoms with E-state index >= 15 is 0 Å². The van der Waals surface area contributed by atoms with Crippen molar-refractivity contribution in [2.24, 2.45) is 5.73 Å².